The molecule has 31 heavy (non-hydrogen) atoms. The molecule has 0 fully saturated rings. The summed E-state index contributed by atoms with van der Waals surface area (Å²) in [5.74, 6) is 0.434. The van der Waals surface area contributed by atoms with Crippen molar-refractivity contribution in [1.82, 2.24) is 0 Å². The zero-order valence-corrected chi connectivity index (χ0v) is 17.0. The van der Waals surface area contributed by atoms with Crippen LogP contribution in [-0.2, 0) is 16.4 Å². The van der Waals surface area contributed by atoms with E-state index in [0.29, 0.717) is 62.8 Å². The summed E-state index contributed by atoms with van der Waals surface area (Å²) in [6.07, 6.45) is 1.92. The molecule has 8 heteroatoms. The third-order valence-corrected chi connectivity index (χ3v) is 7.32. The van der Waals surface area contributed by atoms with Gasteiger partial charge in [-0.3, -0.25) is 14.3 Å². The molecule has 1 amide bonds. The Morgan fingerprint density at radius 1 is 0.968 bits per heavy atom. The summed E-state index contributed by atoms with van der Waals surface area (Å²) < 4.78 is 34.9. The van der Waals surface area contributed by atoms with Crippen LogP contribution in [0.1, 0.15) is 39.3 Å². The van der Waals surface area contributed by atoms with Crippen molar-refractivity contribution < 1.29 is 22.4 Å². The minimum Gasteiger partial charge on any atom is -0.460 e. The molecule has 154 valence electrons. The standard InChI is InChI=1S/C23H16N2O5S/c26-17-5-2-6-19-22(17)15-11-12(7-9-18(15)30-19)25-31(28,29)20-10-8-16-21-13(20)3-1-4-14(21)23(27)24-16/h1,3-4,7-11,25H,2,5-6H2,(H,24,27). The lowest BCUT2D eigenvalue weighted by Gasteiger charge is -2.12. The highest BCUT2D eigenvalue weighted by Crippen LogP contribution is 2.38. The molecule has 2 heterocycles. The van der Waals surface area contributed by atoms with E-state index in [9.17, 15) is 18.0 Å². The zero-order chi connectivity index (χ0) is 21.3. The quantitative estimate of drug-likeness (QED) is 0.497. The first-order valence-electron chi connectivity index (χ1n) is 9.91. The summed E-state index contributed by atoms with van der Waals surface area (Å²) in [6.45, 7) is 0. The van der Waals surface area contributed by atoms with Gasteiger partial charge in [-0.05, 0) is 42.8 Å². The second kappa shape index (κ2) is 6.18. The van der Waals surface area contributed by atoms with Crippen molar-refractivity contribution in [3.63, 3.8) is 0 Å². The van der Waals surface area contributed by atoms with Crippen LogP contribution in [0, 0.1) is 0 Å². The average molecular weight is 432 g/mol. The summed E-state index contributed by atoms with van der Waals surface area (Å²) in [5.41, 5.74) is 2.51. The Morgan fingerprint density at radius 3 is 2.71 bits per heavy atom. The molecular formula is C23H16N2O5S. The Labute approximate surface area is 177 Å². The Bertz CT molecular complexity index is 1570. The number of nitrogens with one attached hydrogen (secondary N) is 2. The molecule has 0 unspecified atom stereocenters. The van der Waals surface area contributed by atoms with Gasteiger partial charge >= 0.3 is 0 Å². The van der Waals surface area contributed by atoms with Gasteiger partial charge in [-0.2, -0.15) is 0 Å². The molecule has 1 aliphatic carbocycles. The monoisotopic (exact) mass is 432 g/mol. The molecule has 1 aliphatic heterocycles. The lowest BCUT2D eigenvalue weighted by molar-refractivity contribution is 0.0969. The second-order valence-corrected chi connectivity index (χ2v) is 9.44. The number of ketones is 1. The minimum absolute atomic E-state index is 0.0182. The number of furan rings is 1. The molecule has 1 aromatic heterocycles. The third-order valence-electron chi connectivity index (χ3n) is 5.88. The van der Waals surface area contributed by atoms with Crippen LogP contribution in [0.4, 0.5) is 11.4 Å². The molecule has 4 aromatic rings. The van der Waals surface area contributed by atoms with Crippen molar-refractivity contribution in [3.05, 3.63) is 65.4 Å². The number of sulfonamides is 1. The SMILES string of the molecule is O=C1CCCc2oc3ccc(NS(=O)(=O)c4ccc5c6c(cccc46)C(=O)N5)cc3c21. The van der Waals surface area contributed by atoms with Gasteiger partial charge < -0.3 is 9.73 Å². The number of carbonyl (C=O) groups is 2. The van der Waals surface area contributed by atoms with Crippen molar-refractivity contribution in [2.75, 3.05) is 10.0 Å². The van der Waals surface area contributed by atoms with E-state index in [1.807, 2.05) is 0 Å². The summed E-state index contributed by atoms with van der Waals surface area (Å²) in [6, 6.07) is 13.0. The number of aryl methyl sites for hydroxylation is 1. The smallest absolute Gasteiger partial charge is 0.262 e. The largest absolute Gasteiger partial charge is 0.460 e. The van der Waals surface area contributed by atoms with E-state index in [4.69, 9.17) is 4.42 Å². The van der Waals surface area contributed by atoms with E-state index in [1.165, 1.54) is 6.07 Å². The lowest BCUT2D eigenvalue weighted by Crippen LogP contribution is -2.13. The van der Waals surface area contributed by atoms with Crippen molar-refractivity contribution in [2.45, 2.75) is 24.2 Å². The fourth-order valence-electron chi connectivity index (χ4n) is 4.54. The van der Waals surface area contributed by atoms with Gasteiger partial charge in [0.15, 0.2) is 5.78 Å². The molecule has 0 saturated heterocycles. The molecule has 7 nitrogen and oxygen atoms in total. The van der Waals surface area contributed by atoms with Crippen molar-refractivity contribution in [3.8, 4) is 0 Å². The second-order valence-electron chi connectivity index (χ2n) is 7.79. The van der Waals surface area contributed by atoms with E-state index in [1.54, 1.807) is 42.5 Å². The number of anilines is 2. The molecule has 0 spiro atoms. The minimum atomic E-state index is -3.95. The van der Waals surface area contributed by atoms with Crippen LogP contribution in [0.2, 0.25) is 0 Å². The van der Waals surface area contributed by atoms with Gasteiger partial charge in [-0.15, -0.1) is 0 Å². The van der Waals surface area contributed by atoms with Crippen LogP contribution in [0.5, 0.6) is 0 Å². The normalized spacial score (nSPS) is 15.4. The van der Waals surface area contributed by atoms with Gasteiger partial charge in [0.25, 0.3) is 15.9 Å². The zero-order valence-electron chi connectivity index (χ0n) is 16.2. The average Bonchev–Trinajstić information content (AvgIpc) is 3.27. The first-order valence-corrected chi connectivity index (χ1v) is 11.4. The van der Waals surface area contributed by atoms with Crippen LogP contribution < -0.4 is 10.0 Å². The molecule has 0 radical (unpaired) electrons. The number of benzene rings is 3. The summed E-state index contributed by atoms with van der Waals surface area (Å²) >= 11 is 0. The molecule has 6 rings (SSSR count). The summed E-state index contributed by atoms with van der Waals surface area (Å²) in [5, 5.41) is 4.44. The lowest BCUT2D eigenvalue weighted by atomic mass is 9.94. The summed E-state index contributed by atoms with van der Waals surface area (Å²) in [4.78, 5) is 24.6. The molecule has 0 atom stereocenters. The fourth-order valence-corrected chi connectivity index (χ4v) is 5.79. The Kier molecular flexibility index (Phi) is 3.62. The number of amides is 1. The van der Waals surface area contributed by atoms with Crippen molar-refractivity contribution >= 4 is 54.8 Å². The molecule has 3 aromatic carbocycles. The van der Waals surface area contributed by atoms with Crippen LogP contribution in [0.3, 0.4) is 0 Å². The molecule has 0 saturated carbocycles. The molecule has 0 bridgehead atoms. The predicted octanol–water partition coefficient (Wildman–Crippen LogP) is 4.47. The van der Waals surface area contributed by atoms with Crippen molar-refractivity contribution in [2.24, 2.45) is 0 Å². The molecule has 2 aliphatic rings. The maximum Gasteiger partial charge on any atom is 0.262 e. The Morgan fingerprint density at radius 2 is 1.84 bits per heavy atom. The number of hydrogen-bond acceptors (Lipinski definition) is 5. The predicted molar refractivity (Wildman–Crippen MR) is 116 cm³/mol. The van der Waals surface area contributed by atoms with E-state index >= 15 is 0 Å². The highest BCUT2D eigenvalue weighted by molar-refractivity contribution is 7.93. The van der Waals surface area contributed by atoms with E-state index < -0.39 is 10.0 Å². The van der Waals surface area contributed by atoms with E-state index in [-0.39, 0.29) is 16.6 Å². The van der Waals surface area contributed by atoms with Crippen molar-refractivity contribution in [1.29, 1.82) is 0 Å². The van der Waals surface area contributed by atoms with E-state index in [2.05, 4.69) is 10.0 Å². The Hall–Kier alpha value is -3.65. The Balaban J connectivity index is 1.46. The van der Waals surface area contributed by atoms with Gasteiger partial charge in [0.05, 0.1) is 10.5 Å². The summed E-state index contributed by atoms with van der Waals surface area (Å²) in [7, 11) is -3.95. The van der Waals surface area contributed by atoms with Crippen LogP contribution in [0.25, 0.3) is 21.7 Å². The maximum absolute atomic E-state index is 13.3. The van der Waals surface area contributed by atoms with Gasteiger partial charge in [-0.1, -0.05) is 12.1 Å². The number of hydrogen-bond donors (Lipinski definition) is 2. The fraction of sp³-hybridized carbons (Fsp3) is 0.130. The first kappa shape index (κ1) is 18.1. The third kappa shape index (κ3) is 2.61. The van der Waals surface area contributed by atoms with E-state index in [0.717, 1.165) is 6.42 Å². The highest BCUT2D eigenvalue weighted by Gasteiger charge is 2.27. The molecular weight excluding hydrogens is 416 g/mol. The van der Waals surface area contributed by atoms with Crippen LogP contribution in [0.15, 0.2) is 57.8 Å². The van der Waals surface area contributed by atoms with Crippen LogP contribution in [-0.4, -0.2) is 20.1 Å². The maximum atomic E-state index is 13.3. The number of rotatable bonds is 3. The number of Topliss-reactive ketones (excluding diaryl/α,β-unsaturated/α-hetero) is 1. The van der Waals surface area contributed by atoms with Gasteiger partial charge in [-0.25, -0.2) is 8.42 Å². The van der Waals surface area contributed by atoms with Gasteiger partial charge in [0.2, 0.25) is 0 Å². The molecule has 2 N–H and O–H groups in total. The van der Waals surface area contributed by atoms with Gasteiger partial charge in [0.1, 0.15) is 11.3 Å². The first-order chi connectivity index (χ1) is 14.9. The topological polar surface area (TPSA) is 105 Å². The van der Waals surface area contributed by atoms with Gasteiger partial charge in [0, 0.05) is 45.9 Å². The van der Waals surface area contributed by atoms with Crippen LogP contribution >= 0.6 is 0 Å². The number of fused-ring (bicyclic) bond motifs is 3. The highest BCUT2D eigenvalue weighted by atomic mass is 32.2. The number of carbonyl (C=O) groups excluding carboxylic acids is 2.